The average molecular weight is 655 g/mol. The molecule has 46 heavy (non-hydrogen) atoms. The maximum atomic E-state index is 12.4. The SMILES string of the molecule is Cc1cccc(C)c1/N=C(/N/N=C/c1ccc(-c2ncn(-c3ccc(OC(F)(F)F)cc3)n2)cc1)SCC(=O)NCC(N)C(=O)O. The number of alkyl halides is 3. The molecule has 4 rings (SSSR count). The fraction of sp³-hybridized carbons (Fsp3) is 0.200. The highest BCUT2D eigenvalue weighted by atomic mass is 32.2. The number of para-hydroxylation sites is 1. The number of amides is 1. The number of amidine groups is 1. The lowest BCUT2D eigenvalue weighted by molar-refractivity contribution is -0.274. The van der Waals surface area contributed by atoms with Gasteiger partial charge in [-0.3, -0.25) is 15.0 Å². The number of nitrogens with zero attached hydrogens (tertiary/aromatic N) is 5. The van der Waals surface area contributed by atoms with Crippen molar-refractivity contribution in [2.75, 3.05) is 12.3 Å². The van der Waals surface area contributed by atoms with Gasteiger partial charge in [-0.15, -0.1) is 18.3 Å². The first-order valence-electron chi connectivity index (χ1n) is 13.6. The third-order valence-corrected chi connectivity index (χ3v) is 7.06. The van der Waals surface area contributed by atoms with Crippen LogP contribution in [0.2, 0.25) is 0 Å². The minimum Gasteiger partial charge on any atom is -0.480 e. The number of carboxylic acid groups (broad SMARTS) is 1. The summed E-state index contributed by atoms with van der Waals surface area (Å²) in [6.45, 7) is 3.63. The summed E-state index contributed by atoms with van der Waals surface area (Å²) in [5.41, 5.74) is 12.8. The summed E-state index contributed by atoms with van der Waals surface area (Å²) >= 11 is 1.09. The van der Waals surface area contributed by atoms with Crippen molar-refractivity contribution in [1.82, 2.24) is 25.5 Å². The van der Waals surface area contributed by atoms with Gasteiger partial charge in [0.2, 0.25) is 5.91 Å². The molecule has 1 aromatic heterocycles. The number of rotatable bonds is 11. The van der Waals surface area contributed by atoms with E-state index >= 15 is 0 Å². The Morgan fingerprint density at radius 2 is 1.76 bits per heavy atom. The summed E-state index contributed by atoms with van der Waals surface area (Å²) in [4.78, 5) is 32.1. The van der Waals surface area contributed by atoms with E-state index in [1.54, 1.807) is 30.5 Å². The largest absolute Gasteiger partial charge is 0.573 e. The molecule has 0 fully saturated rings. The van der Waals surface area contributed by atoms with Gasteiger partial charge in [0.25, 0.3) is 0 Å². The maximum absolute atomic E-state index is 12.4. The number of ether oxygens (including phenoxy) is 1. The monoisotopic (exact) mass is 654 g/mol. The molecule has 0 saturated heterocycles. The number of carboxylic acids is 1. The number of nitrogens with one attached hydrogen (secondary N) is 2. The number of aliphatic imine (C=N–C) groups is 1. The molecule has 0 aliphatic heterocycles. The number of thioether (sulfide) groups is 1. The minimum atomic E-state index is -4.77. The highest BCUT2D eigenvalue weighted by Gasteiger charge is 2.31. The zero-order chi connectivity index (χ0) is 33.3. The van der Waals surface area contributed by atoms with Gasteiger partial charge in [-0.25, -0.2) is 14.7 Å². The van der Waals surface area contributed by atoms with Crippen LogP contribution < -0.4 is 21.2 Å². The fourth-order valence-electron chi connectivity index (χ4n) is 3.87. The summed E-state index contributed by atoms with van der Waals surface area (Å²) in [6.07, 6.45) is -1.76. The number of benzene rings is 3. The topological polar surface area (TPSA) is 169 Å². The minimum absolute atomic E-state index is 0.0571. The van der Waals surface area contributed by atoms with Gasteiger partial charge in [0.05, 0.1) is 23.3 Å². The Morgan fingerprint density at radius 1 is 1.09 bits per heavy atom. The van der Waals surface area contributed by atoms with Gasteiger partial charge in [-0.05, 0) is 54.8 Å². The number of aromatic nitrogens is 3. The molecule has 12 nitrogen and oxygen atoms in total. The fourth-order valence-corrected chi connectivity index (χ4v) is 4.51. The molecule has 1 unspecified atom stereocenters. The molecule has 5 N–H and O–H groups in total. The second kappa shape index (κ2) is 15.2. The number of nitrogens with two attached hydrogens (primary N) is 1. The van der Waals surface area contributed by atoms with E-state index in [4.69, 9.17) is 10.8 Å². The highest BCUT2D eigenvalue weighted by molar-refractivity contribution is 8.14. The summed E-state index contributed by atoms with van der Waals surface area (Å²) in [6, 6.07) is 16.9. The Hall–Kier alpha value is -5.22. The molecule has 3 aromatic carbocycles. The second-order valence-electron chi connectivity index (χ2n) is 9.74. The molecule has 0 saturated carbocycles. The molecule has 0 aliphatic rings. The van der Waals surface area contributed by atoms with Crippen molar-refractivity contribution < 1.29 is 32.6 Å². The van der Waals surface area contributed by atoms with Gasteiger partial charge >= 0.3 is 12.3 Å². The van der Waals surface area contributed by atoms with Gasteiger partial charge in [-0.2, -0.15) is 5.10 Å². The van der Waals surface area contributed by atoms with Crippen LogP contribution in [-0.4, -0.2) is 67.8 Å². The first-order chi connectivity index (χ1) is 21.9. The van der Waals surface area contributed by atoms with Gasteiger partial charge in [0, 0.05) is 12.1 Å². The van der Waals surface area contributed by atoms with E-state index in [2.05, 4.69) is 35.7 Å². The number of carbonyl (C=O) groups is 2. The van der Waals surface area contributed by atoms with Crippen molar-refractivity contribution in [3.05, 3.63) is 89.7 Å². The smallest absolute Gasteiger partial charge is 0.480 e. The molecule has 0 spiro atoms. The summed E-state index contributed by atoms with van der Waals surface area (Å²) < 4.78 is 42.6. The predicted molar refractivity (Wildman–Crippen MR) is 168 cm³/mol. The molecule has 0 aliphatic carbocycles. The lowest BCUT2D eigenvalue weighted by Gasteiger charge is -2.10. The Kier molecular flexibility index (Phi) is 11.1. The normalized spacial score (nSPS) is 12.6. The number of halogens is 3. The molecule has 4 aromatic rings. The highest BCUT2D eigenvalue weighted by Crippen LogP contribution is 2.25. The third kappa shape index (κ3) is 9.90. The summed E-state index contributed by atoms with van der Waals surface area (Å²) in [5.74, 6) is -1.62. The molecular weight excluding hydrogens is 625 g/mol. The zero-order valence-electron chi connectivity index (χ0n) is 24.5. The van der Waals surface area contributed by atoms with Crippen molar-refractivity contribution in [3.63, 3.8) is 0 Å². The van der Waals surface area contributed by atoms with Crippen molar-refractivity contribution in [1.29, 1.82) is 0 Å². The molecule has 1 atom stereocenters. The number of carbonyl (C=O) groups excluding carboxylic acids is 1. The molecule has 1 amide bonds. The van der Waals surface area contributed by atoms with E-state index in [9.17, 15) is 22.8 Å². The molecular formula is C30H29F3N8O4S. The van der Waals surface area contributed by atoms with Gasteiger partial charge < -0.3 is 20.9 Å². The quantitative estimate of drug-likeness (QED) is 0.105. The zero-order valence-corrected chi connectivity index (χ0v) is 25.3. The average Bonchev–Trinajstić information content (AvgIpc) is 3.50. The third-order valence-electron chi connectivity index (χ3n) is 6.20. The molecule has 1 heterocycles. The van der Waals surface area contributed by atoms with Crippen LogP contribution in [0.4, 0.5) is 18.9 Å². The van der Waals surface area contributed by atoms with Crippen LogP contribution in [-0.2, 0) is 9.59 Å². The van der Waals surface area contributed by atoms with Crippen LogP contribution in [0, 0.1) is 13.8 Å². The number of aliphatic carboxylic acids is 1. The molecule has 0 bridgehead atoms. The van der Waals surface area contributed by atoms with E-state index in [0.29, 0.717) is 22.2 Å². The number of hydrazone groups is 1. The Balaban J connectivity index is 1.41. The summed E-state index contributed by atoms with van der Waals surface area (Å²) in [7, 11) is 0. The van der Waals surface area contributed by atoms with Crippen LogP contribution >= 0.6 is 11.8 Å². The number of hydrogen-bond acceptors (Lipinski definition) is 9. The van der Waals surface area contributed by atoms with E-state index in [1.165, 1.54) is 35.3 Å². The standard InChI is InChI=1S/C30H29F3N8O4S/c1-18-4-3-5-19(2)26(18)38-29(46-16-25(42)35-15-24(34)28(43)44)39-37-14-20-6-8-21(9-7-20)27-36-17-41(40-27)22-10-12-23(13-11-22)45-30(31,32)33/h3-14,17,24H,15-16,34H2,1-2H3,(H,35,42)(H,38,39)(H,43,44)/b37-14+. The van der Waals surface area contributed by atoms with E-state index in [0.717, 1.165) is 34.1 Å². The number of hydrogen-bond donors (Lipinski definition) is 4. The molecule has 240 valence electrons. The molecule has 0 radical (unpaired) electrons. The van der Waals surface area contributed by atoms with Crippen LogP contribution in [0.25, 0.3) is 17.1 Å². The summed E-state index contributed by atoms with van der Waals surface area (Å²) in [5, 5.41) is 20.4. The van der Waals surface area contributed by atoms with Crippen LogP contribution in [0.1, 0.15) is 16.7 Å². The van der Waals surface area contributed by atoms with Crippen molar-refractivity contribution in [3.8, 4) is 22.8 Å². The molecule has 16 heteroatoms. The van der Waals surface area contributed by atoms with E-state index in [-0.39, 0.29) is 18.0 Å². The Bertz CT molecular complexity index is 1710. The van der Waals surface area contributed by atoms with Crippen LogP contribution in [0.15, 0.2) is 83.2 Å². The van der Waals surface area contributed by atoms with Crippen molar-refractivity contribution in [2.45, 2.75) is 26.3 Å². The Morgan fingerprint density at radius 3 is 2.39 bits per heavy atom. The second-order valence-corrected chi connectivity index (χ2v) is 10.7. The van der Waals surface area contributed by atoms with E-state index in [1.807, 2.05) is 32.0 Å². The van der Waals surface area contributed by atoms with Gasteiger partial charge in [-0.1, -0.05) is 54.2 Å². The van der Waals surface area contributed by atoms with Crippen molar-refractivity contribution in [2.24, 2.45) is 15.8 Å². The lowest BCUT2D eigenvalue weighted by Crippen LogP contribution is -2.43. The van der Waals surface area contributed by atoms with Gasteiger partial charge in [0.15, 0.2) is 11.0 Å². The van der Waals surface area contributed by atoms with Crippen molar-refractivity contribution >= 4 is 40.7 Å². The van der Waals surface area contributed by atoms with Crippen LogP contribution in [0.5, 0.6) is 5.75 Å². The predicted octanol–water partition coefficient (Wildman–Crippen LogP) is 4.32. The van der Waals surface area contributed by atoms with Gasteiger partial charge in [0.1, 0.15) is 18.1 Å². The lowest BCUT2D eigenvalue weighted by atomic mass is 10.1. The maximum Gasteiger partial charge on any atom is 0.573 e. The Labute approximate surface area is 265 Å². The van der Waals surface area contributed by atoms with Crippen LogP contribution in [0.3, 0.4) is 0 Å². The van der Waals surface area contributed by atoms with E-state index < -0.39 is 24.3 Å². The number of aryl methyl sites for hydroxylation is 2. The first kappa shape index (κ1) is 33.7. The first-order valence-corrected chi connectivity index (χ1v) is 14.6.